The second-order valence-corrected chi connectivity index (χ2v) is 4.51. The normalized spacial score (nSPS) is 10.6. The van der Waals surface area contributed by atoms with E-state index in [1.54, 1.807) is 13.2 Å². The lowest BCUT2D eigenvalue weighted by Crippen LogP contribution is -2.39. The average molecular weight is 268 g/mol. The summed E-state index contributed by atoms with van der Waals surface area (Å²) < 4.78 is 2.47. The molecule has 106 valence electrons. The highest BCUT2D eigenvalue weighted by Gasteiger charge is 2.05. The summed E-state index contributed by atoms with van der Waals surface area (Å²) in [4.78, 5) is 33.8. The number of amides is 1. The molecule has 0 aliphatic rings. The van der Waals surface area contributed by atoms with Crippen molar-refractivity contribution in [3.8, 4) is 0 Å². The fourth-order valence-electron chi connectivity index (χ4n) is 1.78. The molecule has 1 rings (SSSR count). The zero-order valence-corrected chi connectivity index (χ0v) is 11.3. The van der Waals surface area contributed by atoms with Gasteiger partial charge < -0.3 is 15.6 Å². The molecule has 1 aromatic heterocycles. The Morgan fingerprint density at radius 3 is 2.63 bits per heavy atom. The summed E-state index contributed by atoms with van der Waals surface area (Å²) >= 11 is 0. The van der Waals surface area contributed by atoms with Crippen molar-refractivity contribution in [2.24, 2.45) is 19.8 Å². The molecule has 0 fully saturated rings. The van der Waals surface area contributed by atoms with Gasteiger partial charge in [0.1, 0.15) is 0 Å². The lowest BCUT2D eigenvalue weighted by atomic mass is 10.2. The number of rotatable bonds is 7. The highest BCUT2D eigenvalue weighted by Crippen LogP contribution is 1.93. The van der Waals surface area contributed by atoms with Gasteiger partial charge in [-0.2, -0.15) is 0 Å². The standard InChI is InChI=1S/C12H20N4O3/c1-15-8-9(11(18)16(2)12(15)19)7-14-6-4-3-5-10(13)17/h8,14H,3-7H2,1-2H3,(H2,13,17). The number of aryl methyl sites for hydroxylation is 1. The van der Waals surface area contributed by atoms with Gasteiger partial charge in [0.2, 0.25) is 5.91 Å². The fourth-order valence-corrected chi connectivity index (χ4v) is 1.78. The minimum Gasteiger partial charge on any atom is -0.370 e. The van der Waals surface area contributed by atoms with Crippen LogP contribution < -0.4 is 22.3 Å². The van der Waals surface area contributed by atoms with Crippen molar-refractivity contribution in [3.63, 3.8) is 0 Å². The summed E-state index contributed by atoms with van der Waals surface area (Å²) in [6.07, 6.45) is 3.47. The molecule has 7 nitrogen and oxygen atoms in total. The van der Waals surface area contributed by atoms with E-state index in [2.05, 4.69) is 5.32 Å². The number of nitrogens with zero attached hydrogens (tertiary/aromatic N) is 2. The zero-order chi connectivity index (χ0) is 14.4. The molecule has 0 aliphatic carbocycles. The van der Waals surface area contributed by atoms with Crippen molar-refractivity contribution in [2.75, 3.05) is 6.54 Å². The Hall–Kier alpha value is -1.89. The molecular weight excluding hydrogens is 248 g/mol. The molecule has 0 unspecified atom stereocenters. The van der Waals surface area contributed by atoms with E-state index in [0.29, 0.717) is 25.1 Å². The number of carbonyl (C=O) groups is 1. The molecule has 1 amide bonds. The molecule has 1 aromatic rings. The van der Waals surface area contributed by atoms with Gasteiger partial charge in [-0.3, -0.25) is 14.2 Å². The van der Waals surface area contributed by atoms with Crippen LogP contribution in [0.1, 0.15) is 24.8 Å². The monoisotopic (exact) mass is 268 g/mol. The molecule has 0 saturated heterocycles. The molecule has 7 heteroatoms. The van der Waals surface area contributed by atoms with Crippen LogP contribution in [0.3, 0.4) is 0 Å². The van der Waals surface area contributed by atoms with Crippen LogP contribution in [0.15, 0.2) is 15.8 Å². The van der Waals surface area contributed by atoms with E-state index < -0.39 is 0 Å². The van der Waals surface area contributed by atoms with Crippen molar-refractivity contribution < 1.29 is 4.79 Å². The maximum atomic E-state index is 11.8. The predicted molar refractivity (Wildman–Crippen MR) is 71.7 cm³/mol. The van der Waals surface area contributed by atoms with Crippen LogP contribution in [-0.2, 0) is 25.4 Å². The Labute approximate surface area is 111 Å². The quantitative estimate of drug-likeness (QED) is 0.609. The number of aromatic nitrogens is 2. The van der Waals surface area contributed by atoms with Crippen LogP contribution in [-0.4, -0.2) is 21.6 Å². The van der Waals surface area contributed by atoms with Crippen LogP contribution in [0.4, 0.5) is 0 Å². The maximum absolute atomic E-state index is 11.8. The van der Waals surface area contributed by atoms with E-state index in [4.69, 9.17) is 5.73 Å². The molecule has 0 aliphatic heterocycles. The number of nitrogens with one attached hydrogen (secondary N) is 1. The number of primary amides is 1. The number of carbonyl (C=O) groups excluding carboxylic acids is 1. The van der Waals surface area contributed by atoms with Crippen molar-refractivity contribution in [1.82, 2.24) is 14.5 Å². The zero-order valence-electron chi connectivity index (χ0n) is 11.3. The highest BCUT2D eigenvalue weighted by molar-refractivity contribution is 5.73. The van der Waals surface area contributed by atoms with E-state index in [0.717, 1.165) is 17.4 Å². The van der Waals surface area contributed by atoms with Gasteiger partial charge in [-0.1, -0.05) is 0 Å². The minimum atomic E-state index is -0.338. The summed E-state index contributed by atoms with van der Waals surface area (Å²) in [6.45, 7) is 1.09. The van der Waals surface area contributed by atoms with E-state index >= 15 is 0 Å². The van der Waals surface area contributed by atoms with Gasteiger partial charge in [0.05, 0.1) is 0 Å². The molecule has 0 spiro atoms. The smallest absolute Gasteiger partial charge is 0.330 e. The lowest BCUT2D eigenvalue weighted by molar-refractivity contribution is -0.118. The first-order valence-electron chi connectivity index (χ1n) is 6.18. The number of unbranched alkanes of at least 4 members (excludes halogenated alkanes) is 1. The first-order chi connectivity index (χ1) is 8.93. The molecule has 19 heavy (non-hydrogen) atoms. The highest BCUT2D eigenvalue weighted by atomic mass is 16.2. The summed E-state index contributed by atoms with van der Waals surface area (Å²) in [5, 5.41) is 3.11. The fraction of sp³-hybridized carbons (Fsp3) is 0.583. The number of hydrogen-bond donors (Lipinski definition) is 2. The first-order valence-corrected chi connectivity index (χ1v) is 6.18. The topological polar surface area (TPSA) is 99.1 Å². The third-order valence-electron chi connectivity index (χ3n) is 2.86. The Bertz CT molecular complexity index is 559. The van der Waals surface area contributed by atoms with E-state index in [-0.39, 0.29) is 17.2 Å². The van der Waals surface area contributed by atoms with E-state index in [1.807, 2.05) is 0 Å². The average Bonchev–Trinajstić information content (AvgIpc) is 2.36. The van der Waals surface area contributed by atoms with Crippen molar-refractivity contribution in [1.29, 1.82) is 0 Å². The van der Waals surface area contributed by atoms with E-state index in [9.17, 15) is 14.4 Å². The molecular formula is C12H20N4O3. The van der Waals surface area contributed by atoms with Gasteiger partial charge in [0, 0.05) is 38.8 Å². The van der Waals surface area contributed by atoms with Crippen molar-refractivity contribution in [2.45, 2.75) is 25.8 Å². The van der Waals surface area contributed by atoms with Gasteiger partial charge in [-0.15, -0.1) is 0 Å². The van der Waals surface area contributed by atoms with Gasteiger partial charge in [-0.05, 0) is 19.4 Å². The minimum absolute atomic E-state index is 0.285. The van der Waals surface area contributed by atoms with Gasteiger partial charge >= 0.3 is 5.69 Å². The van der Waals surface area contributed by atoms with Crippen LogP contribution in [0, 0.1) is 0 Å². The second-order valence-electron chi connectivity index (χ2n) is 4.51. The number of hydrogen-bond acceptors (Lipinski definition) is 4. The molecule has 0 aromatic carbocycles. The third kappa shape index (κ3) is 4.36. The summed E-state index contributed by atoms with van der Waals surface area (Å²) in [6, 6.07) is 0. The first kappa shape index (κ1) is 15.2. The summed E-state index contributed by atoms with van der Waals surface area (Å²) in [7, 11) is 3.07. The Kier molecular flexibility index (Phi) is 5.50. The molecule has 0 radical (unpaired) electrons. The van der Waals surface area contributed by atoms with Crippen molar-refractivity contribution in [3.05, 3.63) is 32.6 Å². The van der Waals surface area contributed by atoms with Crippen LogP contribution in [0.2, 0.25) is 0 Å². The molecule has 0 saturated carbocycles. The maximum Gasteiger partial charge on any atom is 0.330 e. The SMILES string of the molecule is Cn1cc(CNCCCCC(N)=O)c(=O)n(C)c1=O. The number of nitrogens with two attached hydrogens (primary N) is 1. The van der Waals surface area contributed by atoms with Crippen LogP contribution >= 0.6 is 0 Å². The summed E-state index contributed by atoms with van der Waals surface area (Å²) in [5.74, 6) is -0.299. The predicted octanol–water partition coefficient (Wildman–Crippen LogP) is -1.17. The molecule has 0 bridgehead atoms. The van der Waals surface area contributed by atoms with Crippen molar-refractivity contribution >= 4 is 5.91 Å². The van der Waals surface area contributed by atoms with Crippen LogP contribution in [0.5, 0.6) is 0 Å². The summed E-state index contributed by atoms with van der Waals surface area (Å²) in [5.41, 5.74) is 4.95. The van der Waals surface area contributed by atoms with Gasteiger partial charge in [-0.25, -0.2) is 4.79 Å². The second kappa shape index (κ2) is 6.89. The van der Waals surface area contributed by atoms with Gasteiger partial charge in [0.15, 0.2) is 0 Å². The van der Waals surface area contributed by atoms with E-state index in [1.165, 1.54) is 11.6 Å². The Balaban J connectivity index is 2.49. The Morgan fingerprint density at radius 2 is 2.00 bits per heavy atom. The lowest BCUT2D eigenvalue weighted by Gasteiger charge is -2.07. The largest absolute Gasteiger partial charge is 0.370 e. The molecule has 1 heterocycles. The van der Waals surface area contributed by atoms with Crippen LogP contribution in [0.25, 0.3) is 0 Å². The molecule has 0 atom stereocenters. The molecule has 3 N–H and O–H groups in total. The van der Waals surface area contributed by atoms with Gasteiger partial charge in [0.25, 0.3) is 5.56 Å². The third-order valence-corrected chi connectivity index (χ3v) is 2.86. The Morgan fingerprint density at radius 1 is 1.32 bits per heavy atom.